The van der Waals surface area contributed by atoms with E-state index in [0.717, 1.165) is 68.6 Å². The summed E-state index contributed by atoms with van der Waals surface area (Å²) in [5.74, 6) is 2.29. The third-order valence-corrected chi connectivity index (χ3v) is 5.85. The molecule has 5 nitrogen and oxygen atoms in total. The Bertz CT molecular complexity index is 614. The van der Waals surface area contributed by atoms with Crippen LogP contribution in [0.2, 0.25) is 0 Å². The molecular formula is C25H42N2O3. The molecule has 1 aromatic carbocycles. The lowest BCUT2D eigenvalue weighted by atomic mass is 9.92. The fourth-order valence-electron chi connectivity index (χ4n) is 4.26. The summed E-state index contributed by atoms with van der Waals surface area (Å²) in [6, 6.07) is 7.65. The van der Waals surface area contributed by atoms with Gasteiger partial charge < -0.3 is 14.8 Å². The van der Waals surface area contributed by atoms with E-state index in [0.29, 0.717) is 13.2 Å². The van der Waals surface area contributed by atoms with Crippen LogP contribution < -0.4 is 10.1 Å². The average molecular weight is 419 g/mol. The number of hydrogen-bond acceptors (Lipinski definition) is 4. The van der Waals surface area contributed by atoms with E-state index >= 15 is 0 Å². The quantitative estimate of drug-likeness (QED) is 0.497. The molecule has 1 N–H and O–H groups in total. The molecule has 1 aromatic rings. The topological polar surface area (TPSA) is 50.8 Å². The molecule has 1 aliphatic heterocycles. The highest BCUT2D eigenvalue weighted by atomic mass is 16.5. The molecule has 170 valence electrons. The molecule has 1 fully saturated rings. The Morgan fingerprint density at radius 3 is 2.37 bits per heavy atom. The zero-order valence-electron chi connectivity index (χ0n) is 19.7. The number of likely N-dealkylation sites (tertiary alicyclic amines) is 1. The van der Waals surface area contributed by atoms with Gasteiger partial charge in [0.05, 0.1) is 0 Å². The number of rotatable bonds is 12. The average Bonchev–Trinajstić information content (AvgIpc) is 2.71. The van der Waals surface area contributed by atoms with E-state index in [1.807, 2.05) is 31.2 Å². The first-order valence-electron chi connectivity index (χ1n) is 11.8. The standard InChI is InChI=1S/C25H42N2O3/c1-6-8-13-25(5,30-15-7-2)24(28)26-22-9-11-23(12-10-22)29-16-14-27-18-20(3)17-21(4)19-27/h9-12,20-21H,6-8,13-19H2,1-5H3,(H,26,28)/t20-,21+,25-/m1/s1. The van der Waals surface area contributed by atoms with Gasteiger partial charge in [0.1, 0.15) is 18.0 Å². The van der Waals surface area contributed by atoms with Gasteiger partial charge in [0, 0.05) is 31.9 Å². The number of carbonyl (C=O) groups is 1. The Labute approximate surface area is 183 Å². The predicted molar refractivity (Wildman–Crippen MR) is 124 cm³/mol. The molecule has 0 radical (unpaired) electrons. The molecule has 0 saturated carbocycles. The van der Waals surface area contributed by atoms with Crippen LogP contribution in [0.3, 0.4) is 0 Å². The van der Waals surface area contributed by atoms with Crippen molar-refractivity contribution < 1.29 is 14.3 Å². The van der Waals surface area contributed by atoms with Gasteiger partial charge in [-0.2, -0.15) is 0 Å². The van der Waals surface area contributed by atoms with Crippen molar-refractivity contribution in [2.45, 2.75) is 72.3 Å². The Morgan fingerprint density at radius 1 is 1.10 bits per heavy atom. The summed E-state index contributed by atoms with van der Waals surface area (Å²) in [6.45, 7) is 15.3. The van der Waals surface area contributed by atoms with Crippen LogP contribution in [-0.4, -0.2) is 49.3 Å². The van der Waals surface area contributed by atoms with Gasteiger partial charge in [0.15, 0.2) is 0 Å². The van der Waals surface area contributed by atoms with Crippen LogP contribution in [0.4, 0.5) is 5.69 Å². The number of hydrogen-bond donors (Lipinski definition) is 1. The van der Waals surface area contributed by atoms with Crippen molar-refractivity contribution in [3.8, 4) is 5.75 Å². The number of anilines is 1. The minimum absolute atomic E-state index is 0.0774. The highest BCUT2D eigenvalue weighted by Gasteiger charge is 2.33. The normalized spacial score (nSPS) is 21.8. The van der Waals surface area contributed by atoms with Crippen molar-refractivity contribution in [2.24, 2.45) is 11.8 Å². The van der Waals surface area contributed by atoms with Crippen molar-refractivity contribution >= 4 is 11.6 Å². The second-order valence-electron chi connectivity index (χ2n) is 9.22. The van der Waals surface area contributed by atoms with Gasteiger partial charge in [-0.15, -0.1) is 0 Å². The van der Waals surface area contributed by atoms with Crippen molar-refractivity contribution in [3.05, 3.63) is 24.3 Å². The molecule has 0 aliphatic carbocycles. The van der Waals surface area contributed by atoms with Crippen molar-refractivity contribution in [1.29, 1.82) is 0 Å². The van der Waals surface area contributed by atoms with E-state index in [2.05, 4.69) is 37.9 Å². The molecule has 1 aliphatic rings. The number of benzene rings is 1. The number of nitrogens with one attached hydrogen (secondary N) is 1. The number of nitrogens with zero attached hydrogens (tertiary/aromatic N) is 1. The molecule has 0 unspecified atom stereocenters. The number of carbonyl (C=O) groups excluding carboxylic acids is 1. The SMILES string of the molecule is CCCC[C@@](C)(OCCC)C(=O)Nc1ccc(OCCN2C[C@H](C)C[C@H](C)C2)cc1. The molecule has 0 aromatic heterocycles. The molecule has 2 rings (SSSR count). The lowest BCUT2D eigenvalue weighted by Gasteiger charge is -2.34. The van der Waals surface area contributed by atoms with Crippen molar-refractivity contribution in [2.75, 3.05) is 38.2 Å². The molecule has 30 heavy (non-hydrogen) atoms. The largest absolute Gasteiger partial charge is 0.492 e. The monoisotopic (exact) mass is 418 g/mol. The maximum atomic E-state index is 12.9. The molecule has 0 spiro atoms. The predicted octanol–water partition coefficient (Wildman–Crippen LogP) is 5.36. The summed E-state index contributed by atoms with van der Waals surface area (Å²) >= 11 is 0. The Balaban J connectivity index is 1.83. The van der Waals surface area contributed by atoms with Crippen molar-refractivity contribution in [1.82, 2.24) is 4.90 Å². The van der Waals surface area contributed by atoms with Gasteiger partial charge in [-0.3, -0.25) is 9.69 Å². The Hall–Kier alpha value is -1.59. The summed E-state index contributed by atoms with van der Waals surface area (Å²) in [7, 11) is 0. The zero-order chi connectivity index (χ0) is 22.0. The lowest BCUT2D eigenvalue weighted by Crippen LogP contribution is -2.43. The molecule has 1 saturated heterocycles. The molecule has 1 heterocycles. The minimum atomic E-state index is -0.788. The molecule has 5 heteroatoms. The summed E-state index contributed by atoms with van der Waals surface area (Å²) in [4.78, 5) is 15.4. The number of amides is 1. The maximum absolute atomic E-state index is 12.9. The number of piperidine rings is 1. The summed E-state index contributed by atoms with van der Waals surface area (Å²) in [6.07, 6.45) is 4.96. The molecular weight excluding hydrogens is 376 g/mol. The Kier molecular flexibility index (Phi) is 10.1. The summed E-state index contributed by atoms with van der Waals surface area (Å²) < 4.78 is 11.9. The summed E-state index contributed by atoms with van der Waals surface area (Å²) in [5.41, 5.74) is -0.0157. The summed E-state index contributed by atoms with van der Waals surface area (Å²) in [5, 5.41) is 3.02. The molecule has 1 amide bonds. The van der Waals surface area contributed by atoms with Crippen LogP contribution in [0.15, 0.2) is 24.3 Å². The highest BCUT2D eigenvalue weighted by molar-refractivity contribution is 5.97. The van der Waals surface area contributed by atoms with Gasteiger partial charge in [0.2, 0.25) is 0 Å². The zero-order valence-corrected chi connectivity index (χ0v) is 19.7. The maximum Gasteiger partial charge on any atom is 0.256 e. The van der Waals surface area contributed by atoms with E-state index < -0.39 is 5.60 Å². The number of unbranched alkanes of at least 4 members (excludes halogenated alkanes) is 1. The van der Waals surface area contributed by atoms with E-state index in [9.17, 15) is 4.79 Å². The van der Waals surface area contributed by atoms with E-state index in [1.54, 1.807) is 0 Å². The Morgan fingerprint density at radius 2 is 1.77 bits per heavy atom. The van der Waals surface area contributed by atoms with E-state index in [1.165, 1.54) is 6.42 Å². The van der Waals surface area contributed by atoms with Crippen LogP contribution in [-0.2, 0) is 9.53 Å². The van der Waals surface area contributed by atoms with Crippen LogP contribution in [0.25, 0.3) is 0 Å². The van der Waals surface area contributed by atoms with Gasteiger partial charge in [-0.1, -0.05) is 40.5 Å². The van der Waals surface area contributed by atoms with Gasteiger partial charge in [-0.05, 0) is 62.3 Å². The fraction of sp³-hybridized carbons (Fsp3) is 0.720. The van der Waals surface area contributed by atoms with Crippen LogP contribution in [0.1, 0.15) is 66.7 Å². The van der Waals surface area contributed by atoms with Gasteiger partial charge in [-0.25, -0.2) is 0 Å². The third kappa shape index (κ3) is 7.92. The smallest absolute Gasteiger partial charge is 0.256 e. The van der Waals surface area contributed by atoms with E-state index in [-0.39, 0.29) is 5.91 Å². The highest BCUT2D eigenvalue weighted by Crippen LogP contribution is 2.24. The second kappa shape index (κ2) is 12.3. The van der Waals surface area contributed by atoms with Gasteiger partial charge in [0.25, 0.3) is 5.91 Å². The van der Waals surface area contributed by atoms with Crippen molar-refractivity contribution in [3.63, 3.8) is 0 Å². The molecule has 0 bridgehead atoms. The first kappa shape index (κ1) is 24.7. The lowest BCUT2D eigenvalue weighted by molar-refractivity contribution is -0.140. The van der Waals surface area contributed by atoms with Crippen LogP contribution >= 0.6 is 0 Å². The first-order chi connectivity index (χ1) is 14.4. The molecule has 3 atom stereocenters. The number of ether oxygens (including phenoxy) is 2. The van der Waals surface area contributed by atoms with Crippen LogP contribution in [0, 0.1) is 11.8 Å². The first-order valence-corrected chi connectivity index (χ1v) is 11.8. The van der Waals surface area contributed by atoms with Gasteiger partial charge >= 0.3 is 0 Å². The third-order valence-electron chi connectivity index (χ3n) is 5.85. The van der Waals surface area contributed by atoms with Crippen LogP contribution in [0.5, 0.6) is 5.75 Å². The van der Waals surface area contributed by atoms with E-state index in [4.69, 9.17) is 9.47 Å². The second-order valence-corrected chi connectivity index (χ2v) is 9.22. The minimum Gasteiger partial charge on any atom is -0.492 e. The fourth-order valence-corrected chi connectivity index (χ4v) is 4.26.